The molecule has 0 aliphatic heterocycles. The zero-order valence-corrected chi connectivity index (χ0v) is 16.6. The summed E-state index contributed by atoms with van der Waals surface area (Å²) in [7, 11) is -2.64. The van der Waals surface area contributed by atoms with Gasteiger partial charge in [-0.15, -0.1) is 0 Å². The topological polar surface area (TPSA) is 135 Å². The van der Waals surface area contributed by atoms with Gasteiger partial charge < -0.3 is 14.0 Å². The maximum absolute atomic E-state index is 12.4. The molecule has 3 rings (SSSR count). The molecule has 0 aliphatic carbocycles. The number of sulfonamides is 1. The van der Waals surface area contributed by atoms with E-state index in [4.69, 9.17) is 19.1 Å². The Morgan fingerprint density at radius 2 is 1.90 bits per heavy atom. The molecule has 0 unspecified atom stereocenters. The van der Waals surface area contributed by atoms with Crippen LogP contribution in [0.1, 0.15) is 28.7 Å². The van der Waals surface area contributed by atoms with Crippen LogP contribution in [0.2, 0.25) is 0 Å². The molecule has 0 amide bonds. The van der Waals surface area contributed by atoms with Crippen molar-refractivity contribution in [3.05, 3.63) is 59.5 Å². The average molecular weight is 417 g/mol. The van der Waals surface area contributed by atoms with Gasteiger partial charge in [-0.25, -0.2) is 18.4 Å². The van der Waals surface area contributed by atoms with E-state index in [9.17, 15) is 13.2 Å². The minimum Gasteiger partial charge on any atom is -0.496 e. The number of methoxy groups -OCH3 is 1. The number of aromatic nitrogens is 2. The maximum Gasteiger partial charge on any atom is 0.342 e. The molecule has 0 bridgehead atoms. The Morgan fingerprint density at radius 1 is 1.17 bits per heavy atom. The van der Waals surface area contributed by atoms with Crippen molar-refractivity contribution in [2.45, 2.75) is 24.8 Å². The second-order valence-electron chi connectivity index (χ2n) is 6.05. The normalized spacial score (nSPS) is 11.3. The lowest BCUT2D eigenvalue weighted by Gasteiger charge is -2.09. The number of hydrogen-bond donors (Lipinski definition) is 1. The molecule has 9 nitrogen and oxygen atoms in total. The van der Waals surface area contributed by atoms with Gasteiger partial charge in [-0.2, -0.15) is 4.98 Å². The third-order valence-electron chi connectivity index (χ3n) is 4.13. The summed E-state index contributed by atoms with van der Waals surface area (Å²) in [6, 6.07) is 11.3. The molecule has 0 aliphatic rings. The van der Waals surface area contributed by atoms with Crippen molar-refractivity contribution in [1.82, 2.24) is 10.1 Å². The molecular formula is C19H19N3O6S. The lowest BCUT2D eigenvalue weighted by molar-refractivity contribution is 0.0426. The van der Waals surface area contributed by atoms with Crippen LogP contribution in [0.15, 0.2) is 51.9 Å². The van der Waals surface area contributed by atoms with Crippen LogP contribution in [-0.2, 0) is 27.8 Å². The van der Waals surface area contributed by atoms with E-state index in [1.165, 1.54) is 24.8 Å². The highest BCUT2D eigenvalue weighted by atomic mass is 32.2. The van der Waals surface area contributed by atoms with Gasteiger partial charge in [-0.3, -0.25) is 0 Å². The van der Waals surface area contributed by atoms with Gasteiger partial charge in [-0.05, 0) is 30.2 Å². The van der Waals surface area contributed by atoms with Crippen LogP contribution < -0.4 is 9.88 Å². The Morgan fingerprint density at radius 3 is 2.52 bits per heavy atom. The van der Waals surface area contributed by atoms with Gasteiger partial charge in [-0.1, -0.05) is 36.3 Å². The van der Waals surface area contributed by atoms with Crippen molar-refractivity contribution in [1.29, 1.82) is 0 Å². The van der Waals surface area contributed by atoms with E-state index >= 15 is 0 Å². The molecule has 0 saturated carbocycles. The smallest absolute Gasteiger partial charge is 0.342 e. The van der Waals surface area contributed by atoms with E-state index in [1.54, 1.807) is 0 Å². The van der Waals surface area contributed by atoms with Crippen LogP contribution >= 0.6 is 0 Å². The summed E-state index contributed by atoms with van der Waals surface area (Å²) >= 11 is 0. The second kappa shape index (κ2) is 8.41. The molecule has 0 spiro atoms. The van der Waals surface area contributed by atoms with Crippen LogP contribution in [0.5, 0.6) is 5.75 Å². The minimum atomic E-state index is -3.99. The summed E-state index contributed by atoms with van der Waals surface area (Å²) in [5.74, 6) is -0.217. The molecule has 1 heterocycles. The van der Waals surface area contributed by atoms with E-state index in [1.807, 2.05) is 24.3 Å². The molecule has 1 aromatic heterocycles. The summed E-state index contributed by atoms with van der Waals surface area (Å²) < 4.78 is 38.4. The molecule has 152 valence electrons. The Kier molecular flexibility index (Phi) is 5.95. The molecule has 0 radical (unpaired) electrons. The second-order valence-corrected chi connectivity index (χ2v) is 7.61. The summed E-state index contributed by atoms with van der Waals surface area (Å²) in [5, 5.41) is 8.98. The van der Waals surface area contributed by atoms with E-state index < -0.39 is 16.0 Å². The number of carbonyl (C=O) groups is 1. The molecule has 0 fully saturated rings. The van der Waals surface area contributed by atoms with Crippen molar-refractivity contribution in [2.24, 2.45) is 5.14 Å². The summed E-state index contributed by atoms with van der Waals surface area (Å²) in [4.78, 5) is 16.4. The third-order valence-corrected chi connectivity index (χ3v) is 5.05. The highest BCUT2D eigenvalue weighted by Crippen LogP contribution is 2.23. The number of benzene rings is 2. The van der Waals surface area contributed by atoms with Crippen molar-refractivity contribution < 1.29 is 27.2 Å². The van der Waals surface area contributed by atoms with Gasteiger partial charge in [0.05, 0.1) is 12.0 Å². The van der Waals surface area contributed by atoms with Crippen molar-refractivity contribution >= 4 is 16.0 Å². The molecule has 3 aromatic rings. The lowest BCUT2D eigenvalue weighted by Crippen LogP contribution is -2.14. The van der Waals surface area contributed by atoms with E-state index in [0.29, 0.717) is 5.82 Å². The van der Waals surface area contributed by atoms with Gasteiger partial charge in [0.15, 0.2) is 6.61 Å². The maximum atomic E-state index is 12.4. The summed E-state index contributed by atoms with van der Waals surface area (Å²) in [6.07, 6.45) is 0.920. The number of primary sulfonamides is 1. The Labute approximate surface area is 167 Å². The number of esters is 1. The summed E-state index contributed by atoms with van der Waals surface area (Å²) in [5.41, 5.74) is 1.86. The zero-order valence-electron chi connectivity index (χ0n) is 15.8. The number of carbonyl (C=O) groups excluding carboxylic acids is 1. The van der Waals surface area contributed by atoms with Gasteiger partial charge in [0.2, 0.25) is 15.8 Å². The monoisotopic (exact) mass is 417 g/mol. The van der Waals surface area contributed by atoms with Crippen LogP contribution in [0.4, 0.5) is 0 Å². The number of ether oxygens (including phenoxy) is 2. The molecule has 29 heavy (non-hydrogen) atoms. The average Bonchev–Trinajstić information content (AvgIpc) is 3.20. The number of rotatable bonds is 7. The van der Waals surface area contributed by atoms with Crippen LogP contribution in [0, 0.1) is 0 Å². The predicted octanol–water partition coefficient (Wildman–Crippen LogP) is 2.31. The highest BCUT2D eigenvalue weighted by molar-refractivity contribution is 7.89. The molecule has 0 atom stereocenters. The van der Waals surface area contributed by atoms with Crippen LogP contribution in [0.3, 0.4) is 0 Å². The van der Waals surface area contributed by atoms with Crippen LogP contribution in [0.25, 0.3) is 11.4 Å². The summed E-state index contributed by atoms with van der Waals surface area (Å²) in [6.45, 7) is 1.77. The fourth-order valence-corrected chi connectivity index (χ4v) is 3.09. The molecule has 0 saturated heterocycles. The first-order valence-corrected chi connectivity index (χ1v) is 10.2. The van der Waals surface area contributed by atoms with Gasteiger partial charge in [0, 0.05) is 5.56 Å². The van der Waals surface area contributed by atoms with Crippen LogP contribution in [-0.4, -0.2) is 31.6 Å². The third kappa shape index (κ3) is 4.79. The quantitative estimate of drug-likeness (QED) is 0.579. The number of aryl methyl sites for hydroxylation is 1. The first-order chi connectivity index (χ1) is 13.8. The Bertz CT molecular complexity index is 1120. The van der Waals surface area contributed by atoms with E-state index in [0.717, 1.165) is 18.1 Å². The fraction of sp³-hybridized carbons (Fsp3) is 0.211. The molecule has 10 heteroatoms. The van der Waals surface area contributed by atoms with Crippen molar-refractivity contribution in [2.75, 3.05) is 7.11 Å². The fourth-order valence-electron chi connectivity index (χ4n) is 2.55. The van der Waals surface area contributed by atoms with E-state index in [-0.39, 0.29) is 28.7 Å². The highest BCUT2D eigenvalue weighted by Gasteiger charge is 2.19. The first-order valence-electron chi connectivity index (χ1n) is 8.61. The minimum absolute atomic E-state index is 0.0890. The Hall–Kier alpha value is -3.24. The van der Waals surface area contributed by atoms with Gasteiger partial charge in [0.1, 0.15) is 11.3 Å². The van der Waals surface area contributed by atoms with Gasteiger partial charge in [0.25, 0.3) is 5.89 Å². The van der Waals surface area contributed by atoms with Crippen molar-refractivity contribution in [3.8, 4) is 17.1 Å². The lowest BCUT2D eigenvalue weighted by atomic mass is 10.1. The predicted molar refractivity (Wildman–Crippen MR) is 103 cm³/mol. The first kappa shape index (κ1) is 20.5. The van der Waals surface area contributed by atoms with E-state index in [2.05, 4.69) is 17.1 Å². The number of nitrogens with two attached hydrogens (primary N) is 1. The van der Waals surface area contributed by atoms with Crippen molar-refractivity contribution in [3.63, 3.8) is 0 Å². The standard InChI is InChI=1S/C19H19N3O6S/c1-3-12-4-6-13(7-5-12)18-21-17(28-22-18)11-27-19(23)15-10-14(29(20,24)25)8-9-16(15)26-2/h4-10H,3,11H2,1-2H3,(H2,20,24,25). The number of nitrogens with zero attached hydrogens (tertiary/aromatic N) is 2. The molecule has 2 N–H and O–H groups in total. The van der Waals surface area contributed by atoms with Gasteiger partial charge >= 0.3 is 5.97 Å². The molecular weight excluding hydrogens is 398 g/mol. The zero-order chi connectivity index (χ0) is 21.0. The largest absolute Gasteiger partial charge is 0.496 e. The number of hydrogen-bond acceptors (Lipinski definition) is 8. The Balaban J connectivity index is 1.73. The molecule has 2 aromatic carbocycles. The SMILES string of the molecule is CCc1ccc(-c2noc(COC(=O)c3cc(S(N)(=O)=O)ccc3OC)n2)cc1.